The first kappa shape index (κ1) is 72.9. The molecule has 0 aromatic rings. The van der Waals surface area contributed by atoms with E-state index in [4.69, 9.17) is 14.2 Å². The van der Waals surface area contributed by atoms with E-state index in [1.165, 1.54) is 270 Å². The van der Waals surface area contributed by atoms with Gasteiger partial charge in [-0.1, -0.05) is 334 Å². The lowest BCUT2D eigenvalue weighted by Crippen LogP contribution is -2.30. The van der Waals surface area contributed by atoms with Gasteiger partial charge in [0.2, 0.25) is 0 Å². The van der Waals surface area contributed by atoms with E-state index in [9.17, 15) is 14.4 Å². The molecule has 0 aliphatic carbocycles. The van der Waals surface area contributed by atoms with E-state index in [1.54, 1.807) is 0 Å². The van der Waals surface area contributed by atoms with Gasteiger partial charge in [0.05, 0.1) is 0 Å². The number of unbranched alkanes of at least 4 members (excludes halogenated alkanes) is 48. The van der Waals surface area contributed by atoms with E-state index >= 15 is 0 Å². The summed E-state index contributed by atoms with van der Waals surface area (Å²) in [5, 5.41) is 0. The van der Waals surface area contributed by atoms with Crippen LogP contribution in [0, 0.1) is 0 Å². The van der Waals surface area contributed by atoms with Crippen LogP contribution in [0.15, 0.2) is 24.3 Å². The van der Waals surface area contributed by atoms with Crippen LogP contribution in [0.25, 0.3) is 0 Å². The molecule has 0 fully saturated rings. The maximum Gasteiger partial charge on any atom is 0.306 e. The maximum absolute atomic E-state index is 12.9. The minimum absolute atomic E-state index is 0.0682. The van der Waals surface area contributed by atoms with Crippen molar-refractivity contribution in [2.75, 3.05) is 13.2 Å². The smallest absolute Gasteiger partial charge is 0.306 e. The molecule has 0 spiro atoms. The second-order valence-electron chi connectivity index (χ2n) is 23.1. The minimum atomic E-state index is -0.772. The molecule has 6 heteroatoms. The average Bonchev–Trinajstić information content (AvgIpc) is 3.41. The molecule has 6 nitrogen and oxygen atoms in total. The van der Waals surface area contributed by atoms with Crippen LogP contribution in [0.1, 0.15) is 380 Å². The minimum Gasteiger partial charge on any atom is -0.462 e. The van der Waals surface area contributed by atoms with Gasteiger partial charge in [0.15, 0.2) is 6.10 Å². The number of allylic oxidation sites excluding steroid dienone is 4. The first-order valence-corrected chi connectivity index (χ1v) is 33.8. The van der Waals surface area contributed by atoms with E-state index in [1.807, 2.05) is 0 Å². The van der Waals surface area contributed by atoms with Crippen molar-refractivity contribution < 1.29 is 28.6 Å². The maximum atomic E-state index is 12.9. The van der Waals surface area contributed by atoms with E-state index in [0.717, 1.165) is 70.6 Å². The standard InChI is InChI=1S/C69H130O6/c1-4-7-10-13-16-19-22-25-28-31-33-34-35-36-37-39-41-44-47-50-53-56-59-62-68(71)74-65-66(64-73-67(70)61-58-55-52-49-46-43-40-30-27-24-21-18-15-12-9-6-3)75-69(72)63-60-57-54-51-48-45-42-38-32-29-26-23-20-17-14-11-8-5-2/h20,23,29,32,66H,4-19,21-22,24-28,30-31,33-65H2,1-3H3/b23-20-,32-29-. The summed E-state index contributed by atoms with van der Waals surface area (Å²) in [5.41, 5.74) is 0. The van der Waals surface area contributed by atoms with Crippen LogP contribution in [0.2, 0.25) is 0 Å². The Kier molecular flexibility index (Phi) is 62.6. The SMILES string of the molecule is CCCCCC/C=C\C/C=C\CCCCCCCCCC(=O)OC(COC(=O)CCCCCCCCCCCCCCCCCC)COC(=O)CCCCCCCCCCCCCCCCCCCCCCCCC. The van der Waals surface area contributed by atoms with Gasteiger partial charge < -0.3 is 14.2 Å². The van der Waals surface area contributed by atoms with Crippen molar-refractivity contribution in [2.24, 2.45) is 0 Å². The third-order valence-corrected chi connectivity index (χ3v) is 15.5. The molecule has 0 saturated carbocycles. The molecule has 0 bridgehead atoms. The summed E-state index contributed by atoms with van der Waals surface area (Å²) in [7, 11) is 0. The molecule has 0 saturated heterocycles. The zero-order valence-corrected chi connectivity index (χ0v) is 50.8. The van der Waals surface area contributed by atoms with Crippen LogP contribution in [-0.2, 0) is 28.6 Å². The summed E-state index contributed by atoms with van der Waals surface area (Å²) in [4.78, 5) is 38.4. The normalized spacial score (nSPS) is 12.1. The molecule has 0 amide bonds. The molecule has 0 aliphatic rings. The van der Waals surface area contributed by atoms with Gasteiger partial charge in [-0.15, -0.1) is 0 Å². The van der Waals surface area contributed by atoms with Crippen molar-refractivity contribution in [1.29, 1.82) is 0 Å². The number of carbonyl (C=O) groups is 3. The quantitative estimate of drug-likeness (QED) is 0.0261. The summed E-state index contributed by atoms with van der Waals surface area (Å²) in [6.07, 6.45) is 77.6. The second-order valence-corrected chi connectivity index (χ2v) is 23.1. The number of esters is 3. The van der Waals surface area contributed by atoms with Gasteiger partial charge in [-0.2, -0.15) is 0 Å². The Morgan fingerprint density at radius 2 is 0.480 bits per heavy atom. The van der Waals surface area contributed by atoms with Crippen LogP contribution in [-0.4, -0.2) is 37.2 Å². The van der Waals surface area contributed by atoms with Crippen molar-refractivity contribution in [2.45, 2.75) is 386 Å². The highest BCUT2D eigenvalue weighted by Gasteiger charge is 2.19. The Bertz CT molecular complexity index is 1210. The number of carbonyl (C=O) groups excluding carboxylic acids is 3. The van der Waals surface area contributed by atoms with Crippen LogP contribution in [0.5, 0.6) is 0 Å². The van der Waals surface area contributed by atoms with Crippen molar-refractivity contribution in [3.8, 4) is 0 Å². The highest BCUT2D eigenvalue weighted by atomic mass is 16.6. The fourth-order valence-electron chi connectivity index (χ4n) is 10.4. The van der Waals surface area contributed by atoms with Crippen LogP contribution >= 0.6 is 0 Å². The molecule has 0 aliphatic heterocycles. The zero-order valence-electron chi connectivity index (χ0n) is 50.8. The predicted molar refractivity (Wildman–Crippen MR) is 326 cm³/mol. The summed E-state index contributed by atoms with van der Waals surface area (Å²) in [6.45, 7) is 6.70. The summed E-state index contributed by atoms with van der Waals surface area (Å²) in [5.74, 6) is -0.844. The Morgan fingerprint density at radius 1 is 0.267 bits per heavy atom. The summed E-state index contributed by atoms with van der Waals surface area (Å²) in [6, 6.07) is 0. The lowest BCUT2D eigenvalue weighted by Gasteiger charge is -2.18. The van der Waals surface area contributed by atoms with Crippen molar-refractivity contribution in [1.82, 2.24) is 0 Å². The molecule has 1 atom stereocenters. The zero-order chi connectivity index (χ0) is 54.3. The Balaban J connectivity index is 4.28. The van der Waals surface area contributed by atoms with Gasteiger partial charge in [-0.3, -0.25) is 14.4 Å². The molecular formula is C69H130O6. The first-order chi connectivity index (χ1) is 37.0. The monoisotopic (exact) mass is 1050 g/mol. The van der Waals surface area contributed by atoms with E-state index < -0.39 is 6.10 Å². The van der Waals surface area contributed by atoms with Crippen molar-refractivity contribution in [3.05, 3.63) is 24.3 Å². The number of hydrogen-bond donors (Lipinski definition) is 0. The number of ether oxygens (including phenoxy) is 3. The molecule has 0 N–H and O–H groups in total. The molecule has 0 rings (SSSR count). The Labute approximate surface area is 468 Å². The molecular weight excluding hydrogens is 925 g/mol. The lowest BCUT2D eigenvalue weighted by atomic mass is 10.0. The Hall–Kier alpha value is -2.11. The third kappa shape index (κ3) is 62.6. The molecule has 0 heterocycles. The number of hydrogen-bond acceptors (Lipinski definition) is 6. The first-order valence-electron chi connectivity index (χ1n) is 33.8. The van der Waals surface area contributed by atoms with Gasteiger partial charge in [0.25, 0.3) is 0 Å². The predicted octanol–water partition coefficient (Wildman–Crippen LogP) is 23.0. The summed E-state index contributed by atoms with van der Waals surface area (Å²) >= 11 is 0. The highest BCUT2D eigenvalue weighted by Crippen LogP contribution is 2.18. The highest BCUT2D eigenvalue weighted by molar-refractivity contribution is 5.71. The number of rotatable bonds is 63. The fraction of sp³-hybridized carbons (Fsp3) is 0.899. The topological polar surface area (TPSA) is 78.9 Å². The van der Waals surface area contributed by atoms with Crippen molar-refractivity contribution >= 4 is 17.9 Å². The molecule has 442 valence electrons. The van der Waals surface area contributed by atoms with Crippen LogP contribution < -0.4 is 0 Å². The van der Waals surface area contributed by atoms with E-state index in [2.05, 4.69) is 45.1 Å². The van der Waals surface area contributed by atoms with Gasteiger partial charge in [-0.05, 0) is 51.4 Å². The third-order valence-electron chi connectivity index (χ3n) is 15.5. The van der Waals surface area contributed by atoms with Crippen LogP contribution in [0.3, 0.4) is 0 Å². The van der Waals surface area contributed by atoms with Gasteiger partial charge in [0, 0.05) is 19.3 Å². The fourth-order valence-corrected chi connectivity index (χ4v) is 10.4. The largest absolute Gasteiger partial charge is 0.462 e. The lowest BCUT2D eigenvalue weighted by molar-refractivity contribution is -0.167. The molecule has 75 heavy (non-hydrogen) atoms. The molecule has 0 aromatic heterocycles. The average molecular weight is 1060 g/mol. The second kappa shape index (κ2) is 64.4. The van der Waals surface area contributed by atoms with Gasteiger partial charge in [-0.25, -0.2) is 0 Å². The molecule has 1 unspecified atom stereocenters. The van der Waals surface area contributed by atoms with E-state index in [-0.39, 0.29) is 31.1 Å². The van der Waals surface area contributed by atoms with E-state index in [0.29, 0.717) is 19.3 Å². The molecule has 0 aromatic carbocycles. The Morgan fingerprint density at radius 3 is 0.747 bits per heavy atom. The van der Waals surface area contributed by atoms with Gasteiger partial charge >= 0.3 is 17.9 Å². The van der Waals surface area contributed by atoms with Gasteiger partial charge in [0.1, 0.15) is 13.2 Å². The molecule has 0 radical (unpaired) electrons. The van der Waals surface area contributed by atoms with Crippen LogP contribution in [0.4, 0.5) is 0 Å². The summed E-state index contributed by atoms with van der Waals surface area (Å²) < 4.78 is 17.0. The van der Waals surface area contributed by atoms with Crippen molar-refractivity contribution in [3.63, 3.8) is 0 Å².